The van der Waals surface area contributed by atoms with Crippen molar-refractivity contribution < 1.29 is 4.74 Å². The molecule has 1 saturated heterocycles. The van der Waals surface area contributed by atoms with Crippen LogP contribution in [0.3, 0.4) is 0 Å². The van der Waals surface area contributed by atoms with E-state index in [0.717, 1.165) is 48.4 Å². The fraction of sp³-hybridized carbons (Fsp3) is 0.524. The van der Waals surface area contributed by atoms with Gasteiger partial charge in [0.25, 0.3) is 0 Å². The summed E-state index contributed by atoms with van der Waals surface area (Å²) in [6.07, 6.45) is 1.06. The van der Waals surface area contributed by atoms with Crippen LogP contribution in [0.25, 0.3) is 0 Å². The summed E-state index contributed by atoms with van der Waals surface area (Å²) in [5.74, 6) is 0.811. The number of hydrogen-bond donors (Lipinski definition) is 2. The summed E-state index contributed by atoms with van der Waals surface area (Å²) in [6.45, 7) is 8.18. The standard InChI is InChI=1S/C21H31ClN6O/c1-15-20(16(2)28(26-15)10-11-29-4)13-24-21(23-3)25-18-8-9-27(14-18)19-7-5-6-17(22)12-19/h5-7,12,18H,8-11,13-14H2,1-4H3,(H2,23,24,25). The summed E-state index contributed by atoms with van der Waals surface area (Å²) in [5.41, 5.74) is 4.57. The molecule has 1 aliphatic heterocycles. The van der Waals surface area contributed by atoms with E-state index in [0.29, 0.717) is 19.2 Å². The second-order valence-electron chi connectivity index (χ2n) is 7.35. The number of benzene rings is 1. The maximum atomic E-state index is 6.14. The van der Waals surface area contributed by atoms with Crippen LogP contribution in [0.15, 0.2) is 29.3 Å². The first-order valence-electron chi connectivity index (χ1n) is 10.0. The summed E-state index contributed by atoms with van der Waals surface area (Å²) in [6, 6.07) is 8.37. The van der Waals surface area contributed by atoms with Crippen molar-refractivity contribution in [3.8, 4) is 0 Å². The quantitative estimate of drug-likeness (QED) is 0.534. The highest BCUT2D eigenvalue weighted by Gasteiger charge is 2.23. The Morgan fingerprint density at radius 1 is 1.38 bits per heavy atom. The molecular formula is C21H31ClN6O. The van der Waals surface area contributed by atoms with E-state index in [9.17, 15) is 0 Å². The number of aryl methyl sites for hydroxylation is 1. The van der Waals surface area contributed by atoms with Gasteiger partial charge in [0.05, 0.1) is 18.8 Å². The van der Waals surface area contributed by atoms with Gasteiger partial charge in [-0.3, -0.25) is 9.67 Å². The van der Waals surface area contributed by atoms with Crippen LogP contribution in [0.4, 0.5) is 5.69 Å². The Balaban J connectivity index is 1.55. The number of aliphatic imine (C=N–C) groups is 1. The normalized spacial score (nSPS) is 17.1. The predicted molar refractivity (Wildman–Crippen MR) is 119 cm³/mol. The summed E-state index contributed by atoms with van der Waals surface area (Å²) in [4.78, 5) is 6.75. The Morgan fingerprint density at radius 2 is 2.21 bits per heavy atom. The lowest BCUT2D eigenvalue weighted by Crippen LogP contribution is -2.44. The van der Waals surface area contributed by atoms with E-state index in [2.05, 4.69) is 38.6 Å². The van der Waals surface area contributed by atoms with E-state index in [1.54, 1.807) is 14.2 Å². The molecule has 1 aliphatic rings. The maximum absolute atomic E-state index is 6.14. The molecule has 3 rings (SSSR count). The molecule has 2 aromatic rings. The van der Waals surface area contributed by atoms with E-state index < -0.39 is 0 Å². The molecule has 158 valence electrons. The highest BCUT2D eigenvalue weighted by Crippen LogP contribution is 2.23. The molecule has 1 aromatic heterocycles. The lowest BCUT2D eigenvalue weighted by molar-refractivity contribution is 0.182. The van der Waals surface area contributed by atoms with Gasteiger partial charge in [-0.05, 0) is 38.5 Å². The molecule has 0 spiro atoms. The summed E-state index contributed by atoms with van der Waals surface area (Å²) < 4.78 is 7.18. The van der Waals surface area contributed by atoms with Gasteiger partial charge in [0, 0.05) is 61.8 Å². The van der Waals surface area contributed by atoms with E-state index in [-0.39, 0.29) is 0 Å². The summed E-state index contributed by atoms with van der Waals surface area (Å²) >= 11 is 6.14. The van der Waals surface area contributed by atoms with Crippen molar-refractivity contribution in [2.75, 3.05) is 38.8 Å². The number of nitrogens with zero attached hydrogens (tertiary/aromatic N) is 4. The number of ether oxygens (including phenoxy) is 1. The SMILES string of the molecule is CN=C(NCc1c(C)nn(CCOC)c1C)NC1CCN(c2cccc(Cl)c2)C1. The Hall–Kier alpha value is -2.25. The van der Waals surface area contributed by atoms with Gasteiger partial charge in [0.1, 0.15) is 0 Å². The highest BCUT2D eigenvalue weighted by atomic mass is 35.5. The van der Waals surface area contributed by atoms with E-state index in [1.807, 2.05) is 29.8 Å². The van der Waals surface area contributed by atoms with Gasteiger partial charge in [-0.2, -0.15) is 5.10 Å². The van der Waals surface area contributed by atoms with Gasteiger partial charge in [-0.15, -0.1) is 0 Å². The molecule has 7 nitrogen and oxygen atoms in total. The average molecular weight is 419 g/mol. The number of rotatable bonds is 7. The molecule has 0 aliphatic carbocycles. The number of nitrogens with one attached hydrogen (secondary N) is 2. The number of aromatic nitrogens is 2. The van der Waals surface area contributed by atoms with Crippen molar-refractivity contribution in [2.24, 2.45) is 4.99 Å². The molecule has 1 unspecified atom stereocenters. The van der Waals surface area contributed by atoms with Crippen LogP contribution in [0.5, 0.6) is 0 Å². The lowest BCUT2D eigenvalue weighted by Gasteiger charge is -2.20. The Morgan fingerprint density at radius 3 is 2.93 bits per heavy atom. The van der Waals surface area contributed by atoms with Crippen LogP contribution in [0, 0.1) is 13.8 Å². The zero-order valence-electron chi connectivity index (χ0n) is 17.7. The molecule has 1 atom stereocenters. The molecule has 8 heteroatoms. The third-order valence-corrected chi connectivity index (χ3v) is 5.63. The third-order valence-electron chi connectivity index (χ3n) is 5.40. The fourth-order valence-corrected chi connectivity index (χ4v) is 3.92. The molecular weight excluding hydrogens is 388 g/mol. The van der Waals surface area contributed by atoms with Crippen molar-refractivity contribution in [3.05, 3.63) is 46.2 Å². The lowest BCUT2D eigenvalue weighted by atomic mass is 10.2. The smallest absolute Gasteiger partial charge is 0.191 e. The van der Waals surface area contributed by atoms with Gasteiger partial charge in [-0.25, -0.2) is 0 Å². The van der Waals surface area contributed by atoms with Gasteiger partial charge < -0.3 is 20.3 Å². The molecule has 29 heavy (non-hydrogen) atoms. The van der Waals surface area contributed by atoms with Crippen molar-refractivity contribution in [3.63, 3.8) is 0 Å². The van der Waals surface area contributed by atoms with Crippen LogP contribution in [0.2, 0.25) is 5.02 Å². The molecule has 2 N–H and O–H groups in total. The second kappa shape index (κ2) is 9.98. The highest BCUT2D eigenvalue weighted by molar-refractivity contribution is 6.30. The number of methoxy groups -OCH3 is 1. The van der Waals surface area contributed by atoms with E-state index in [1.165, 1.54) is 11.3 Å². The Bertz CT molecular complexity index is 850. The van der Waals surface area contributed by atoms with Gasteiger partial charge in [0.2, 0.25) is 0 Å². The van der Waals surface area contributed by atoms with Crippen molar-refractivity contribution >= 4 is 23.2 Å². The Kier molecular flexibility index (Phi) is 7.39. The van der Waals surface area contributed by atoms with Crippen molar-refractivity contribution in [1.82, 2.24) is 20.4 Å². The average Bonchev–Trinajstić information content (AvgIpc) is 3.28. The third kappa shape index (κ3) is 5.42. The molecule has 0 bridgehead atoms. The van der Waals surface area contributed by atoms with Crippen LogP contribution in [0.1, 0.15) is 23.4 Å². The van der Waals surface area contributed by atoms with Crippen LogP contribution in [-0.4, -0.2) is 55.6 Å². The Labute approximate surface area is 178 Å². The molecule has 1 aromatic carbocycles. The van der Waals surface area contributed by atoms with Gasteiger partial charge in [0.15, 0.2) is 5.96 Å². The van der Waals surface area contributed by atoms with Gasteiger partial charge >= 0.3 is 0 Å². The molecule has 2 heterocycles. The number of hydrogen-bond acceptors (Lipinski definition) is 4. The minimum absolute atomic E-state index is 0.340. The van der Waals surface area contributed by atoms with E-state index in [4.69, 9.17) is 16.3 Å². The van der Waals surface area contributed by atoms with Crippen molar-refractivity contribution in [2.45, 2.75) is 39.4 Å². The topological polar surface area (TPSA) is 66.7 Å². The maximum Gasteiger partial charge on any atom is 0.191 e. The largest absolute Gasteiger partial charge is 0.383 e. The zero-order valence-corrected chi connectivity index (χ0v) is 18.5. The number of halogens is 1. The van der Waals surface area contributed by atoms with Gasteiger partial charge in [-0.1, -0.05) is 17.7 Å². The first-order chi connectivity index (χ1) is 14.0. The molecule has 0 radical (unpaired) electrons. The molecule has 0 saturated carbocycles. The monoisotopic (exact) mass is 418 g/mol. The van der Waals surface area contributed by atoms with Crippen molar-refractivity contribution in [1.29, 1.82) is 0 Å². The predicted octanol–water partition coefficient (Wildman–Crippen LogP) is 2.74. The number of guanidine groups is 1. The second-order valence-corrected chi connectivity index (χ2v) is 7.78. The molecule has 0 amide bonds. The first-order valence-corrected chi connectivity index (χ1v) is 10.4. The molecule has 1 fully saturated rings. The minimum atomic E-state index is 0.340. The number of anilines is 1. The fourth-order valence-electron chi connectivity index (χ4n) is 3.73. The summed E-state index contributed by atoms with van der Waals surface area (Å²) in [5, 5.41) is 12.4. The summed E-state index contributed by atoms with van der Waals surface area (Å²) in [7, 11) is 3.51. The van der Waals surface area contributed by atoms with Crippen LogP contribution in [-0.2, 0) is 17.8 Å². The minimum Gasteiger partial charge on any atom is -0.383 e. The van der Waals surface area contributed by atoms with Crippen LogP contribution < -0.4 is 15.5 Å². The first kappa shape index (κ1) is 21.5. The van der Waals surface area contributed by atoms with E-state index >= 15 is 0 Å². The zero-order chi connectivity index (χ0) is 20.8. The van der Waals surface area contributed by atoms with Crippen LogP contribution >= 0.6 is 11.6 Å².